The van der Waals surface area contributed by atoms with Gasteiger partial charge in [0.2, 0.25) is 11.7 Å². The molecular formula is C23H17BrN4O2. The van der Waals surface area contributed by atoms with Crippen LogP contribution in [0.2, 0.25) is 0 Å². The minimum absolute atomic E-state index is 0.229. The van der Waals surface area contributed by atoms with E-state index in [9.17, 15) is 15.8 Å². The normalized spacial score (nSPS) is 31.1. The maximum Gasteiger partial charge on any atom is 0.243 e. The van der Waals surface area contributed by atoms with E-state index in [4.69, 9.17) is 14.9 Å². The number of halogens is 1. The Labute approximate surface area is 182 Å². The summed E-state index contributed by atoms with van der Waals surface area (Å²) in [5, 5.41) is 39.2. The van der Waals surface area contributed by atoms with Gasteiger partial charge in [-0.3, -0.25) is 5.41 Å². The maximum atomic E-state index is 10.3. The molecule has 4 rings (SSSR count). The third-order valence-corrected chi connectivity index (χ3v) is 6.82. The lowest BCUT2D eigenvalue weighted by atomic mass is 9.53. The highest BCUT2D eigenvalue weighted by atomic mass is 79.9. The van der Waals surface area contributed by atoms with Crippen LogP contribution in [0, 0.1) is 56.2 Å². The van der Waals surface area contributed by atoms with Crippen LogP contribution in [0.4, 0.5) is 0 Å². The van der Waals surface area contributed by atoms with Gasteiger partial charge in [0.1, 0.15) is 6.10 Å². The summed E-state index contributed by atoms with van der Waals surface area (Å²) in [6, 6.07) is 22.8. The van der Waals surface area contributed by atoms with Crippen molar-refractivity contribution in [3.05, 3.63) is 70.2 Å². The van der Waals surface area contributed by atoms with E-state index in [1.807, 2.05) is 42.5 Å². The number of benzene rings is 2. The molecule has 0 aliphatic carbocycles. The Hall–Kier alpha value is -3.18. The highest BCUT2D eigenvalue weighted by molar-refractivity contribution is 9.10. The molecule has 4 atom stereocenters. The highest BCUT2D eigenvalue weighted by Crippen LogP contribution is 2.65. The first-order chi connectivity index (χ1) is 14.4. The van der Waals surface area contributed by atoms with Crippen LogP contribution in [0.15, 0.2) is 59.1 Å². The summed E-state index contributed by atoms with van der Waals surface area (Å²) in [6.07, 6.45) is -0.746. The lowest BCUT2D eigenvalue weighted by molar-refractivity contribution is -0.284. The summed E-state index contributed by atoms with van der Waals surface area (Å²) < 4.78 is 13.2. The molecule has 0 amide bonds. The van der Waals surface area contributed by atoms with Crippen molar-refractivity contribution in [3.8, 4) is 18.2 Å². The smallest absolute Gasteiger partial charge is 0.243 e. The van der Waals surface area contributed by atoms with Crippen LogP contribution in [-0.4, -0.2) is 12.0 Å². The van der Waals surface area contributed by atoms with Gasteiger partial charge in [0.25, 0.3) is 0 Å². The average molecular weight is 461 g/mol. The van der Waals surface area contributed by atoms with E-state index >= 15 is 0 Å². The molecule has 2 bridgehead atoms. The van der Waals surface area contributed by atoms with Gasteiger partial charge < -0.3 is 9.47 Å². The molecule has 1 N–H and O–H groups in total. The Morgan fingerprint density at radius 1 is 1.00 bits per heavy atom. The van der Waals surface area contributed by atoms with Crippen LogP contribution in [0.1, 0.15) is 18.1 Å². The van der Waals surface area contributed by atoms with Crippen molar-refractivity contribution >= 4 is 21.8 Å². The Morgan fingerprint density at radius 3 is 2.20 bits per heavy atom. The first-order valence-electron chi connectivity index (χ1n) is 9.40. The minimum Gasteiger partial charge on any atom is -0.443 e. The van der Waals surface area contributed by atoms with Gasteiger partial charge in [-0.15, -0.1) is 0 Å². The van der Waals surface area contributed by atoms with Gasteiger partial charge in [0.15, 0.2) is 10.8 Å². The molecule has 2 fully saturated rings. The highest BCUT2D eigenvalue weighted by Gasteiger charge is 2.79. The van der Waals surface area contributed by atoms with E-state index in [1.54, 1.807) is 19.1 Å². The number of hydrogen-bond acceptors (Lipinski definition) is 6. The predicted octanol–water partition coefficient (Wildman–Crippen LogP) is 4.43. The quantitative estimate of drug-likeness (QED) is 0.727. The van der Waals surface area contributed by atoms with Gasteiger partial charge in [-0.1, -0.05) is 65.3 Å². The minimum atomic E-state index is -1.90. The molecule has 2 saturated heterocycles. The molecule has 2 aliphatic rings. The first kappa shape index (κ1) is 20.1. The third kappa shape index (κ3) is 2.39. The van der Waals surface area contributed by atoms with Crippen LogP contribution in [0.25, 0.3) is 0 Å². The Balaban J connectivity index is 1.94. The zero-order chi connectivity index (χ0) is 21.6. The van der Waals surface area contributed by atoms with Crippen molar-refractivity contribution < 1.29 is 9.47 Å². The molecule has 7 heteroatoms. The van der Waals surface area contributed by atoms with E-state index in [-0.39, 0.29) is 6.42 Å². The van der Waals surface area contributed by atoms with Crippen LogP contribution in [0.3, 0.4) is 0 Å². The number of hydrogen-bond donors (Lipinski definition) is 1. The van der Waals surface area contributed by atoms with Gasteiger partial charge in [0, 0.05) is 16.5 Å². The summed E-state index contributed by atoms with van der Waals surface area (Å²) in [5.74, 6) is -2.60. The number of ether oxygens (including phenoxy) is 2. The number of nitriles is 3. The summed E-state index contributed by atoms with van der Waals surface area (Å²) in [5.41, 5.74) is -2.18. The molecule has 2 aromatic carbocycles. The van der Waals surface area contributed by atoms with Crippen molar-refractivity contribution in [1.82, 2.24) is 0 Å². The van der Waals surface area contributed by atoms with Crippen LogP contribution in [-0.2, 0) is 21.7 Å². The Kier molecular flexibility index (Phi) is 4.66. The molecule has 2 aromatic rings. The molecule has 0 saturated carbocycles. The fourth-order valence-electron chi connectivity index (χ4n) is 4.67. The lowest BCUT2D eigenvalue weighted by Crippen LogP contribution is -2.61. The summed E-state index contributed by atoms with van der Waals surface area (Å²) in [7, 11) is 0. The van der Waals surface area contributed by atoms with Gasteiger partial charge in [-0.05, 0) is 17.7 Å². The summed E-state index contributed by atoms with van der Waals surface area (Å²) in [6.45, 7) is 1.70. The van der Waals surface area contributed by atoms with Crippen LogP contribution in [0.5, 0.6) is 0 Å². The number of nitrogens with zero attached hydrogens (tertiary/aromatic N) is 3. The van der Waals surface area contributed by atoms with Gasteiger partial charge in [-0.2, -0.15) is 15.8 Å². The number of nitrogens with one attached hydrogen (secondary N) is 1. The van der Waals surface area contributed by atoms with Crippen molar-refractivity contribution in [1.29, 1.82) is 21.2 Å². The van der Waals surface area contributed by atoms with E-state index in [0.717, 1.165) is 10.0 Å². The molecule has 2 aliphatic heterocycles. The first-order valence-corrected chi connectivity index (χ1v) is 10.2. The van der Waals surface area contributed by atoms with Gasteiger partial charge in [0.05, 0.1) is 24.1 Å². The van der Waals surface area contributed by atoms with Crippen LogP contribution < -0.4 is 0 Å². The second-order valence-electron chi connectivity index (χ2n) is 7.57. The zero-order valence-electron chi connectivity index (χ0n) is 16.1. The van der Waals surface area contributed by atoms with E-state index in [0.29, 0.717) is 5.56 Å². The molecular weight excluding hydrogens is 444 g/mol. The number of fused-ring (bicyclic) bond motifs is 2. The van der Waals surface area contributed by atoms with E-state index in [1.165, 1.54) is 0 Å². The molecule has 0 spiro atoms. The van der Waals surface area contributed by atoms with E-state index in [2.05, 4.69) is 34.1 Å². The number of rotatable bonds is 3. The SMILES string of the molecule is CC1C2(c3ccc(Br)cc3)OC(=N)C1(C#N)C(C#N)(C#N)C(Cc1ccccc1)O2. The predicted molar refractivity (Wildman–Crippen MR) is 111 cm³/mol. The topological polar surface area (TPSA) is 114 Å². The standard InChI is InChI=1S/C23H17BrN4O2/c1-15-22(14-27)20(28)30-23(15,17-7-9-18(24)10-8-17)29-19(21(22,12-25)13-26)11-16-5-3-2-4-6-16/h2-10,15,19,28H,11H2,1H3. The largest absolute Gasteiger partial charge is 0.443 e. The average Bonchev–Trinajstić information content (AvgIpc) is 2.92. The molecule has 6 nitrogen and oxygen atoms in total. The van der Waals surface area contributed by atoms with Gasteiger partial charge in [-0.25, -0.2) is 0 Å². The van der Waals surface area contributed by atoms with Crippen molar-refractivity contribution in [2.24, 2.45) is 16.7 Å². The van der Waals surface area contributed by atoms with E-state index < -0.39 is 34.5 Å². The van der Waals surface area contributed by atoms with Crippen molar-refractivity contribution in [2.75, 3.05) is 0 Å². The summed E-state index contributed by atoms with van der Waals surface area (Å²) in [4.78, 5) is 0. The summed E-state index contributed by atoms with van der Waals surface area (Å²) >= 11 is 3.40. The second kappa shape index (κ2) is 6.96. The van der Waals surface area contributed by atoms with Crippen molar-refractivity contribution in [3.63, 3.8) is 0 Å². The lowest BCUT2D eigenvalue weighted by Gasteiger charge is -2.48. The third-order valence-electron chi connectivity index (χ3n) is 6.29. The zero-order valence-corrected chi connectivity index (χ0v) is 17.7. The second-order valence-corrected chi connectivity index (χ2v) is 8.49. The van der Waals surface area contributed by atoms with Crippen molar-refractivity contribution in [2.45, 2.75) is 25.2 Å². The molecule has 2 heterocycles. The molecule has 0 aromatic heterocycles. The molecule has 148 valence electrons. The Morgan fingerprint density at radius 2 is 1.63 bits per heavy atom. The molecule has 30 heavy (non-hydrogen) atoms. The fraction of sp³-hybridized carbons (Fsp3) is 0.304. The monoisotopic (exact) mass is 460 g/mol. The molecule has 4 unspecified atom stereocenters. The Bertz CT molecular complexity index is 1120. The molecule has 0 radical (unpaired) electrons. The van der Waals surface area contributed by atoms with Gasteiger partial charge >= 0.3 is 0 Å². The fourth-order valence-corrected chi connectivity index (χ4v) is 4.93. The maximum absolute atomic E-state index is 10.3. The van der Waals surface area contributed by atoms with Crippen LogP contribution >= 0.6 is 15.9 Å².